The fourth-order valence-electron chi connectivity index (χ4n) is 1.89. The summed E-state index contributed by atoms with van der Waals surface area (Å²) in [7, 11) is 0. The highest BCUT2D eigenvalue weighted by molar-refractivity contribution is 6.33. The second-order valence-electron chi connectivity index (χ2n) is 5.75. The van der Waals surface area contributed by atoms with Gasteiger partial charge >= 0.3 is 12.1 Å². The monoisotopic (exact) mass is 333 g/mol. The molecule has 0 bridgehead atoms. The number of hydrogen-bond donors (Lipinski definition) is 0. The summed E-state index contributed by atoms with van der Waals surface area (Å²) in [6.45, 7) is 6.47. The largest absolute Gasteiger partial charge is 0.458 e. The van der Waals surface area contributed by atoms with Gasteiger partial charge in [0.15, 0.2) is 0 Å². The van der Waals surface area contributed by atoms with E-state index in [-0.39, 0.29) is 28.5 Å². The van der Waals surface area contributed by atoms with Crippen molar-refractivity contribution < 1.29 is 14.3 Å². The zero-order valence-electron chi connectivity index (χ0n) is 12.1. The Morgan fingerprint density at radius 3 is 2.52 bits per heavy atom. The SMILES string of the molecule is CC(C)(C)OC(=O)N1CCC(Oc2nc(Cl)cc(Cl)n2)C1. The van der Waals surface area contributed by atoms with Crippen LogP contribution in [0.15, 0.2) is 6.07 Å². The highest BCUT2D eigenvalue weighted by atomic mass is 35.5. The minimum Gasteiger partial charge on any atom is -0.458 e. The minimum absolute atomic E-state index is 0.114. The number of nitrogens with zero attached hydrogens (tertiary/aromatic N) is 3. The van der Waals surface area contributed by atoms with Crippen LogP contribution < -0.4 is 4.74 Å². The van der Waals surface area contributed by atoms with Crippen LogP contribution in [0.2, 0.25) is 10.3 Å². The third kappa shape index (κ3) is 4.89. The molecule has 1 saturated heterocycles. The molecule has 2 rings (SSSR count). The molecule has 0 aromatic carbocycles. The van der Waals surface area contributed by atoms with Crippen LogP contribution in [0.3, 0.4) is 0 Å². The lowest BCUT2D eigenvalue weighted by molar-refractivity contribution is 0.0274. The van der Waals surface area contributed by atoms with Crippen molar-refractivity contribution in [3.8, 4) is 6.01 Å². The van der Waals surface area contributed by atoms with E-state index in [4.69, 9.17) is 32.7 Å². The molecule has 0 radical (unpaired) electrons. The second-order valence-corrected chi connectivity index (χ2v) is 6.53. The molecule has 21 heavy (non-hydrogen) atoms. The Bertz CT molecular complexity index is 514. The van der Waals surface area contributed by atoms with Crippen molar-refractivity contribution in [2.75, 3.05) is 13.1 Å². The summed E-state index contributed by atoms with van der Waals surface area (Å²) in [5.74, 6) is 0. The van der Waals surface area contributed by atoms with Gasteiger partial charge in [0.2, 0.25) is 0 Å². The maximum absolute atomic E-state index is 11.9. The molecule has 8 heteroatoms. The molecule has 2 heterocycles. The molecule has 1 fully saturated rings. The van der Waals surface area contributed by atoms with Gasteiger partial charge in [-0.25, -0.2) is 4.79 Å². The Labute approximate surface area is 133 Å². The summed E-state index contributed by atoms with van der Waals surface area (Å²) in [5, 5.41) is 0.430. The van der Waals surface area contributed by atoms with Crippen LogP contribution in [-0.2, 0) is 4.74 Å². The van der Waals surface area contributed by atoms with Crippen molar-refractivity contribution >= 4 is 29.3 Å². The lowest BCUT2D eigenvalue weighted by Crippen LogP contribution is -2.36. The van der Waals surface area contributed by atoms with Gasteiger partial charge < -0.3 is 14.4 Å². The number of rotatable bonds is 2. The Morgan fingerprint density at radius 1 is 1.33 bits per heavy atom. The van der Waals surface area contributed by atoms with Gasteiger partial charge in [-0.05, 0) is 20.8 Å². The average molecular weight is 334 g/mol. The van der Waals surface area contributed by atoms with Crippen LogP contribution >= 0.6 is 23.2 Å². The van der Waals surface area contributed by atoms with Crippen LogP contribution in [0, 0.1) is 0 Å². The normalized spacial score (nSPS) is 18.7. The van der Waals surface area contributed by atoms with Gasteiger partial charge in [-0.1, -0.05) is 23.2 Å². The Kier molecular flexibility index (Phi) is 4.78. The van der Waals surface area contributed by atoms with Crippen molar-refractivity contribution in [3.63, 3.8) is 0 Å². The summed E-state index contributed by atoms with van der Waals surface area (Å²) in [6.07, 6.45) is 0.123. The number of carbonyl (C=O) groups excluding carboxylic acids is 1. The maximum atomic E-state index is 11.9. The van der Waals surface area contributed by atoms with Gasteiger partial charge in [0.05, 0.1) is 6.54 Å². The van der Waals surface area contributed by atoms with E-state index < -0.39 is 5.60 Å². The van der Waals surface area contributed by atoms with Gasteiger partial charge in [-0.3, -0.25) is 0 Å². The third-order valence-electron chi connectivity index (χ3n) is 2.71. The van der Waals surface area contributed by atoms with Crippen molar-refractivity contribution in [2.24, 2.45) is 0 Å². The molecule has 0 aliphatic carbocycles. The first-order valence-corrected chi connectivity index (χ1v) is 7.33. The second kappa shape index (κ2) is 6.23. The van der Waals surface area contributed by atoms with Crippen molar-refractivity contribution in [3.05, 3.63) is 16.4 Å². The Hall–Kier alpha value is -1.27. The number of aromatic nitrogens is 2. The molecule has 1 aromatic rings. The molecule has 1 aliphatic heterocycles. The molecule has 1 amide bonds. The van der Waals surface area contributed by atoms with E-state index in [9.17, 15) is 4.79 Å². The van der Waals surface area contributed by atoms with Gasteiger partial charge in [-0.15, -0.1) is 0 Å². The molecular weight excluding hydrogens is 317 g/mol. The summed E-state index contributed by atoms with van der Waals surface area (Å²) in [5.41, 5.74) is -0.514. The molecule has 1 atom stereocenters. The van der Waals surface area contributed by atoms with Gasteiger partial charge in [0, 0.05) is 19.0 Å². The maximum Gasteiger partial charge on any atom is 0.410 e. The highest BCUT2D eigenvalue weighted by Crippen LogP contribution is 2.21. The molecule has 1 aromatic heterocycles. The standard InChI is InChI=1S/C13H17Cl2N3O3/c1-13(2,3)21-12(19)18-5-4-8(7-18)20-11-16-9(14)6-10(15)17-11/h6,8H,4-5,7H2,1-3H3. The van der Waals surface area contributed by atoms with Crippen molar-refractivity contribution in [1.29, 1.82) is 0 Å². The smallest absolute Gasteiger partial charge is 0.410 e. The first-order valence-electron chi connectivity index (χ1n) is 6.57. The van der Waals surface area contributed by atoms with Gasteiger partial charge in [0.1, 0.15) is 22.0 Å². The van der Waals surface area contributed by atoms with Crippen molar-refractivity contribution in [2.45, 2.75) is 38.9 Å². The molecule has 1 aliphatic rings. The van der Waals surface area contributed by atoms with Gasteiger partial charge in [0.25, 0.3) is 0 Å². The van der Waals surface area contributed by atoms with Crippen molar-refractivity contribution in [1.82, 2.24) is 14.9 Å². The first kappa shape index (κ1) is 16.1. The van der Waals surface area contributed by atoms with Gasteiger partial charge in [-0.2, -0.15) is 9.97 Å². The summed E-state index contributed by atoms with van der Waals surface area (Å²) < 4.78 is 10.9. The fourth-order valence-corrected chi connectivity index (χ4v) is 2.30. The predicted molar refractivity (Wildman–Crippen MR) is 78.9 cm³/mol. The highest BCUT2D eigenvalue weighted by Gasteiger charge is 2.31. The first-order chi connectivity index (χ1) is 9.73. The number of halogens is 2. The molecule has 1 unspecified atom stereocenters. The van der Waals surface area contributed by atoms with E-state index in [1.54, 1.807) is 4.90 Å². The summed E-state index contributed by atoms with van der Waals surface area (Å²) in [4.78, 5) is 21.4. The van der Waals surface area contributed by atoms with E-state index in [0.717, 1.165) is 0 Å². The Morgan fingerprint density at radius 2 is 1.95 bits per heavy atom. The molecule has 0 saturated carbocycles. The van der Waals surface area contributed by atoms with E-state index in [2.05, 4.69) is 9.97 Å². The fraction of sp³-hybridized carbons (Fsp3) is 0.615. The van der Waals surface area contributed by atoms with E-state index >= 15 is 0 Å². The lowest BCUT2D eigenvalue weighted by Gasteiger charge is -2.24. The van der Waals surface area contributed by atoms with E-state index in [1.165, 1.54) is 6.07 Å². The lowest BCUT2D eigenvalue weighted by atomic mass is 10.2. The summed E-state index contributed by atoms with van der Waals surface area (Å²) in [6, 6.07) is 1.54. The summed E-state index contributed by atoms with van der Waals surface area (Å²) >= 11 is 11.6. The van der Waals surface area contributed by atoms with E-state index in [0.29, 0.717) is 19.5 Å². The molecule has 0 spiro atoms. The van der Waals surface area contributed by atoms with Crippen LogP contribution in [-0.4, -0.2) is 45.8 Å². The topological polar surface area (TPSA) is 64.5 Å². The predicted octanol–water partition coefficient (Wildman–Crippen LogP) is 3.17. The molecule has 0 N–H and O–H groups in total. The van der Waals surface area contributed by atoms with E-state index in [1.807, 2.05) is 20.8 Å². The van der Waals surface area contributed by atoms with Crippen LogP contribution in [0.5, 0.6) is 6.01 Å². The third-order valence-corrected chi connectivity index (χ3v) is 3.10. The van der Waals surface area contributed by atoms with Crippen LogP contribution in [0.4, 0.5) is 4.79 Å². The Balaban J connectivity index is 1.92. The number of likely N-dealkylation sites (tertiary alicyclic amines) is 1. The molecule has 116 valence electrons. The number of ether oxygens (including phenoxy) is 2. The average Bonchev–Trinajstić information content (AvgIpc) is 2.73. The number of carbonyl (C=O) groups is 1. The molecule has 6 nitrogen and oxygen atoms in total. The zero-order valence-corrected chi connectivity index (χ0v) is 13.6. The molecular formula is C13H17Cl2N3O3. The van der Waals surface area contributed by atoms with Crippen LogP contribution in [0.25, 0.3) is 0 Å². The number of hydrogen-bond acceptors (Lipinski definition) is 5. The van der Waals surface area contributed by atoms with Crippen LogP contribution in [0.1, 0.15) is 27.2 Å². The quantitative estimate of drug-likeness (QED) is 0.777. The number of amides is 1. The zero-order chi connectivity index (χ0) is 15.6. The minimum atomic E-state index is -0.514.